The van der Waals surface area contributed by atoms with Gasteiger partial charge in [-0.25, -0.2) is 17.6 Å². The van der Waals surface area contributed by atoms with Crippen molar-refractivity contribution in [2.24, 2.45) is 0 Å². The minimum absolute atomic E-state index is 0.0401. The molecule has 31 heavy (non-hydrogen) atoms. The summed E-state index contributed by atoms with van der Waals surface area (Å²) in [5, 5.41) is 0. The third kappa shape index (κ3) is 3.63. The first-order valence-electron chi connectivity index (χ1n) is 9.52. The van der Waals surface area contributed by atoms with Gasteiger partial charge in [0.05, 0.1) is 11.1 Å². The van der Waals surface area contributed by atoms with E-state index in [1.165, 1.54) is 31.2 Å². The number of hydrogen-bond acceptors (Lipinski definition) is 1. The van der Waals surface area contributed by atoms with Crippen molar-refractivity contribution in [1.29, 1.82) is 0 Å². The van der Waals surface area contributed by atoms with E-state index in [4.69, 9.17) is 0 Å². The Morgan fingerprint density at radius 1 is 0.581 bits per heavy atom. The van der Waals surface area contributed by atoms with Crippen LogP contribution in [0.5, 0.6) is 0 Å². The predicted molar refractivity (Wildman–Crippen MR) is 112 cm³/mol. The molecule has 0 spiro atoms. The molecule has 0 aliphatic rings. The average molecular weight is 420 g/mol. The van der Waals surface area contributed by atoms with Crippen molar-refractivity contribution in [1.82, 2.24) is 0 Å². The van der Waals surface area contributed by atoms with Gasteiger partial charge in [0.25, 0.3) is 0 Å². The SMILES string of the molecule is Cc1c(C(=O)c2ccccc2)ccc(-c2c(F)cccc2F)c1-c1c(F)cccc1F. The summed E-state index contributed by atoms with van der Waals surface area (Å²) in [5.41, 5.74) is -0.178. The first-order valence-corrected chi connectivity index (χ1v) is 9.52. The van der Waals surface area contributed by atoms with Crippen molar-refractivity contribution >= 4 is 5.78 Å². The van der Waals surface area contributed by atoms with E-state index in [1.54, 1.807) is 30.3 Å². The van der Waals surface area contributed by atoms with E-state index >= 15 is 0 Å². The van der Waals surface area contributed by atoms with Gasteiger partial charge in [0, 0.05) is 11.1 Å². The largest absolute Gasteiger partial charge is 0.289 e. The number of rotatable bonds is 4. The summed E-state index contributed by atoms with van der Waals surface area (Å²) in [4.78, 5) is 13.1. The molecule has 0 saturated heterocycles. The molecule has 0 fully saturated rings. The van der Waals surface area contributed by atoms with Crippen molar-refractivity contribution in [3.05, 3.63) is 119 Å². The molecule has 0 unspecified atom stereocenters. The van der Waals surface area contributed by atoms with Gasteiger partial charge >= 0.3 is 0 Å². The van der Waals surface area contributed by atoms with Crippen LogP contribution >= 0.6 is 0 Å². The first-order chi connectivity index (χ1) is 14.9. The van der Waals surface area contributed by atoms with Gasteiger partial charge in [0.2, 0.25) is 0 Å². The fourth-order valence-electron chi connectivity index (χ4n) is 3.72. The van der Waals surface area contributed by atoms with Crippen molar-refractivity contribution < 1.29 is 22.4 Å². The normalized spacial score (nSPS) is 10.9. The van der Waals surface area contributed by atoms with Crippen LogP contribution in [0.15, 0.2) is 78.9 Å². The number of carbonyl (C=O) groups is 1. The molecule has 0 amide bonds. The van der Waals surface area contributed by atoms with Crippen LogP contribution in [0, 0.1) is 30.2 Å². The highest BCUT2D eigenvalue weighted by atomic mass is 19.1. The molecule has 4 aromatic carbocycles. The Morgan fingerprint density at radius 3 is 1.65 bits per heavy atom. The number of halogens is 4. The predicted octanol–water partition coefficient (Wildman–Crippen LogP) is 7.12. The standard InChI is InChI=1S/C26H16F4O/c1-15-17(26(31)16-7-3-2-4-8-16)13-14-18(24-19(27)9-5-10-20(24)28)23(15)25-21(29)11-6-12-22(25)30/h2-14H,1H3. The molecule has 0 heterocycles. The zero-order chi connectivity index (χ0) is 22.1. The summed E-state index contributed by atoms with van der Waals surface area (Å²) in [6.45, 7) is 1.51. The summed E-state index contributed by atoms with van der Waals surface area (Å²) in [6.07, 6.45) is 0. The quantitative estimate of drug-likeness (QED) is 0.254. The molecule has 154 valence electrons. The molecule has 1 nitrogen and oxygen atoms in total. The first kappa shape index (κ1) is 20.5. The number of ketones is 1. The molecule has 0 N–H and O–H groups in total. The second kappa shape index (κ2) is 8.19. The van der Waals surface area contributed by atoms with Crippen molar-refractivity contribution in [2.45, 2.75) is 6.92 Å². The maximum Gasteiger partial charge on any atom is 0.193 e. The van der Waals surface area contributed by atoms with Crippen LogP contribution in [0.2, 0.25) is 0 Å². The molecule has 0 aliphatic carbocycles. The molecule has 4 aromatic rings. The summed E-state index contributed by atoms with van der Waals surface area (Å²) >= 11 is 0. The van der Waals surface area contributed by atoms with E-state index in [9.17, 15) is 22.4 Å². The maximum atomic E-state index is 14.8. The van der Waals surface area contributed by atoms with Gasteiger partial charge in [-0.2, -0.15) is 0 Å². The van der Waals surface area contributed by atoms with Crippen LogP contribution in [0.4, 0.5) is 17.6 Å². The lowest BCUT2D eigenvalue weighted by Crippen LogP contribution is -2.07. The van der Waals surface area contributed by atoms with Crippen molar-refractivity contribution in [3.63, 3.8) is 0 Å². The van der Waals surface area contributed by atoms with Crippen LogP contribution in [0.25, 0.3) is 22.3 Å². The highest BCUT2D eigenvalue weighted by molar-refractivity contribution is 6.11. The molecule has 0 saturated carbocycles. The Labute approximate surface area is 176 Å². The Kier molecular flexibility index (Phi) is 5.42. The van der Waals surface area contributed by atoms with Gasteiger partial charge in [-0.05, 0) is 47.9 Å². The number of carbonyl (C=O) groups excluding carboxylic acids is 1. The van der Waals surface area contributed by atoms with E-state index in [2.05, 4.69) is 0 Å². The molecule has 4 rings (SSSR count). The Hall–Kier alpha value is -3.73. The third-order valence-electron chi connectivity index (χ3n) is 5.19. The van der Waals surface area contributed by atoms with Crippen LogP contribution in [0.1, 0.15) is 21.5 Å². The lowest BCUT2D eigenvalue weighted by molar-refractivity contribution is 0.103. The van der Waals surface area contributed by atoms with E-state index in [0.717, 1.165) is 24.3 Å². The minimum Gasteiger partial charge on any atom is -0.289 e. The van der Waals surface area contributed by atoms with E-state index < -0.39 is 34.4 Å². The summed E-state index contributed by atoms with van der Waals surface area (Å²) in [5.74, 6) is -3.91. The molecular formula is C26H16F4O. The molecule has 0 radical (unpaired) electrons. The molecule has 0 aliphatic heterocycles. The third-order valence-corrected chi connectivity index (χ3v) is 5.19. The Morgan fingerprint density at radius 2 is 1.10 bits per heavy atom. The lowest BCUT2D eigenvalue weighted by atomic mass is 9.85. The maximum absolute atomic E-state index is 14.8. The van der Waals surface area contributed by atoms with E-state index in [1.807, 2.05) is 0 Å². The van der Waals surface area contributed by atoms with Gasteiger partial charge in [-0.3, -0.25) is 4.79 Å². The lowest BCUT2D eigenvalue weighted by Gasteiger charge is -2.18. The van der Waals surface area contributed by atoms with E-state index in [0.29, 0.717) is 5.56 Å². The number of hydrogen-bond donors (Lipinski definition) is 0. The smallest absolute Gasteiger partial charge is 0.193 e. The van der Waals surface area contributed by atoms with Crippen LogP contribution in [-0.4, -0.2) is 5.78 Å². The molecule has 0 atom stereocenters. The monoisotopic (exact) mass is 420 g/mol. The van der Waals surface area contributed by atoms with Crippen LogP contribution in [0.3, 0.4) is 0 Å². The number of benzene rings is 4. The fourth-order valence-corrected chi connectivity index (χ4v) is 3.72. The van der Waals surface area contributed by atoms with Crippen molar-refractivity contribution in [3.8, 4) is 22.3 Å². The van der Waals surface area contributed by atoms with Crippen LogP contribution < -0.4 is 0 Å². The Balaban J connectivity index is 2.07. The van der Waals surface area contributed by atoms with Gasteiger partial charge in [0.15, 0.2) is 5.78 Å². The summed E-state index contributed by atoms with van der Waals surface area (Å²) in [7, 11) is 0. The zero-order valence-corrected chi connectivity index (χ0v) is 16.4. The molecule has 5 heteroatoms. The van der Waals surface area contributed by atoms with Gasteiger partial charge in [0.1, 0.15) is 23.3 Å². The fraction of sp³-hybridized carbons (Fsp3) is 0.0385. The topological polar surface area (TPSA) is 17.1 Å². The zero-order valence-electron chi connectivity index (χ0n) is 16.4. The van der Waals surface area contributed by atoms with E-state index in [-0.39, 0.29) is 28.0 Å². The van der Waals surface area contributed by atoms with Gasteiger partial charge in [-0.15, -0.1) is 0 Å². The van der Waals surface area contributed by atoms with Gasteiger partial charge < -0.3 is 0 Å². The highest BCUT2D eigenvalue weighted by Crippen LogP contribution is 2.41. The second-order valence-corrected chi connectivity index (χ2v) is 7.05. The highest BCUT2D eigenvalue weighted by Gasteiger charge is 2.25. The average Bonchev–Trinajstić information content (AvgIpc) is 2.75. The molecule has 0 aromatic heterocycles. The second-order valence-electron chi connectivity index (χ2n) is 7.05. The summed E-state index contributed by atoms with van der Waals surface area (Å²) in [6, 6.07) is 17.8. The molecule has 0 bridgehead atoms. The van der Waals surface area contributed by atoms with Crippen LogP contribution in [-0.2, 0) is 0 Å². The minimum atomic E-state index is -0.898. The molecular weight excluding hydrogens is 404 g/mol. The van der Waals surface area contributed by atoms with Crippen molar-refractivity contribution in [2.75, 3.05) is 0 Å². The van der Waals surface area contributed by atoms with Gasteiger partial charge in [-0.1, -0.05) is 54.6 Å². The summed E-state index contributed by atoms with van der Waals surface area (Å²) < 4.78 is 58.7. The Bertz CT molecular complexity index is 1260.